The molecule has 1 atom stereocenters. The predicted octanol–water partition coefficient (Wildman–Crippen LogP) is 3.65. The summed E-state index contributed by atoms with van der Waals surface area (Å²) in [5, 5.41) is 14.3. The van der Waals surface area contributed by atoms with Gasteiger partial charge in [-0.25, -0.2) is 4.98 Å². The smallest absolute Gasteiger partial charge is 0.294 e. The van der Waals surface area contributed by atoms with E-state index in [1.54, 1.807) is 12.1 Å². The Morgan fingerprint density at radius 1 is 1.38 bits per heavy atom. The molecule has 0 saturated carbocycles. The summed E-state index contributed by atoms with van der Waals surface area (Å²) in [7, 11) is 0. The first kappa shape index (κ1) is 17.9. The number of nitrogens with two attached hydrogens (primary N) is 1. The SMILES string of the molecule is CCCc1cc(N2CCC[C@H]2C)nc(Nc2ccc(N)cc2[N+](=O)[O-])n1. The van der Waals surface area contributed by atoms with Crippen molar-refractivity contribution < 1.29 is 4.92 Å². The number of rotatable bonds is 6. The van der Waals surface area contributed by atoms with Gasteiger partial charge in [0, 0.05) is 36.1 Å². The van der Waals surface area contributed by atoms with Gasteiger partial charge >= 0.3 is 0 Å². The lowest BCUT2D eigenvalue weighted by Gasteiger charge is -2.23. The van der Waals surface area contributed by atoms with Crippen LogP contribution in [-0.2, 0) is 6.42 Å². The van der Waals surface area contributed by atoms with Crippen LogP contribution in [0.5, 0.6) is 0 Å². The van der Waals surface area contributed by atoms with Crippen molar-refractivity contribution in [2.75, 3.05) is 22.5 Å². The molecule has 0 spiro atoms. The lowest BCUT2D eigenvalue weighted by Crippen LogP contribution is -2.27. The van der Waals surface area contributed by atoms with Crippen LogP contribution in [0.1, 0.15) is 38.8 Å². The summed E-state index contributed by atoms with van der Waals surface area (Å²) in [6.45, 7) is 5.25. The second-order valence-electron chi connectivity index (χ2n) is 6.63. The van der Waals surface area contributed by atoms with E-state index in [1.807, 2.05) is 6.07 Å². The van der Waals surface area contributed by atoms with Crippen LogP contribution in [0, 0.1) is 10.1 Å². The maximum atomic E-state index is 11.3. The molecule has 3 N–H and O–H groups in total. The Morgan fingerprint density at radius 2 is 2.19 bits per heavy atom. The zero-order valence-electron chi connectivity index (χ0n) is 15.1. The minimum absolute atomic E-state index is 0.0921. The van der Waals surface area contributed by atoms with Crippen molar-refractivity contribution in [3.63, 3.8) is 0 Å². The maximum Gasteiger partial charge on any atom is 0.294 e. The molecule has 26 heavy (non-hydrogen) atoms. The highest BCUT2D eigenvalue weighted by Crippen LogP contribution is 2.30. The number of nitrogens with one attached hydrogen (secondary N) is 1. The molecular weight excluding hydrogens is 332 g/mol. The van der Waals surface area contributed by atoms with Crippen LogP contribution >= 0.6 is 0 Å². The van der Waals surface area contributed by atoms with E-state index in [4.69, 9.17) is 5.73 Å². The van der Waals surface area contributed by atoms with Crippen LogP contribution in [0.25, 0.3) is 0 Å². The summed E-state index contributed by atoms with van der Waals surface area (Å²) >= 11 is 0. The Morgan fingerprint density at radius 3 is 2.85 bits per heavy atom. The van der Waals surface area contributed by atoms with Gasteiger partial charge in [0.2, 0.25) is 5.95 Å². The van der Waals surface area contributed by atoms with E-state index < -0.39 is 4.92 Å². The summed E-state index contributed by atoms with van der Waals surface area (Å²) < 4.78 is 0. The van der Waals surface area contributed by atoms with Gasteiger partial charge in [-0.15, -0.1) is 0 Å². The number of hydrogen-bond acceptors (Lipinski definition) is 7. The molecule has 0 unspecified atom stereocenters. The van der Waals surface area contributed by atoms with Crippen molar-refractivity contribution in [2.45, 2.75) is 45.6 Å². The topological polar surface area (TPSA) is 110 Å². The minimum atomic E-state index is -0.460. The van der Waals surface area contributed by atoms with Crippen molar-refractivity contribution >= 4 is 28.8 Å². The Hall–Kier alpha value is -2.90. The van der Waals surface area contributed by atoms with Crippen LogP contribution < -0.4 is 16.0 Å². The number of hydrogen-bond donors (Lipinski definition) is 2. The Kier molecular flexibility index (Phi) is 5.20. The quantitative estimate of drug-likeness (QED) is 0.462. The molecule has 1 aromatic heterocycles. The molecule has 1 aliphatic rings. The number of aryl methyl sites for hydroxylation is 1. The molecule has 0 aliphatic carbocycles. The van der Waals surface area contributed by atoms with Gasteiger partial charge in [-0.2, -0.15) is 4.98 Å². The highest BCUT2D eigenvalue weighted by molar-refractivity contribution is 5.70. The number of nitrogen functional groups attached to an aromatic ring is 1. The average Bonchev–Trinajstić information content (AvgIpc) is 3.02. The standard InChI is InChI=1S/C18H24N6O2/c1-3-5-14-11-17(23-9-4-6-12(23)2)22-18(20-14)21-15-8-7-13(19)10-16(15)24(25)26/h7-8,10-12H,3-6,9,19H2,1-2H3,(H,20,21,22)/t12-/m1/s1. The number of nitrogens with zero attached hydrogens (tertiary/aromatic N) is 4. The first-order valence-electron chi connectivity index (χ1n) is 8.93. The second-order valence-corrected chi connectivity index (χ2v) is 6.63. The first-order valence-corrected chi connectivity index (χ1v) is 8.93. The largest absolute Gasteiger partial charge is 0.399 e. The fraction of sp³-hybridized carbons (Fsp3) is 0.444. The molecule has 2 heterocycles. The van der Waals surface area contributed by atoms with Crippen molar-refractivity contribution in [1.29, 1.82) is 0 Å². The fourth-order valence-corrected chi connectivity index (χ4v) is 3.27. The summed E-state index contributed by atoms with van der Waals surface area (Å²) in [6.07, 6.45) is 4.07. The van der Waals surface area contributed by atoms with E-state index in [9.17, 15) is 10.1 Å². The van der Waals surface area contributed by atoms with Gasteiger partial charge in [0.15, 0.2) is 0 Å². The lowest BCUT2D eigenvalue weighted by molar-refractivity contribution is -0.383. The van der Waals surface area contributed by atoms with Crippen LogP contribution in [0.3, 0.4) is 0 Å². The van der Waals surface area contributed by atoms with Crippen LogP contribution in [0.4, 0.5) is 28.8 Å². The van der Waals surface area contributed by atoms with Gasteiger partial charge in [0.05, 0.1) is 4.92 Å². The maximum absolute atomic E-state index is 11.3. The average molecular weight is 356 g/mol. The van der Waals surface area contributed by atoms with Crippen LogP contribution in [-0.4, -0.2) is 27.5 Å². The second kappa shape index (κ2) is 7.55. The molecule has 1 aromatic carbocycles. The van der Waals surface area contributed by atoms with E-state index in [-0.39, 0.29) is 5.69 Å². The van der Waals surface area contributed by atoms with Crippen molar-refractivity contribution in [1.82, 2.24) is 9.97 Å². The number of nitro benzene ring substituents is 1. The summed E-state index contributed by atoms with van der Waals surface area (Å²) in [6, 6.07) is 6.99. The monoisotopic (exact) mass is 356 g/mol. The predicted molar refractivity (Wildman–Crippen MR) is 103 cm³/mol. The zero-order valence-corrected chi connectivity index (χ0v) is 15.1. The fourth-order valence-electron chi connectivity index (χ4n) is 3.27. The molecule has 8 heteroatoms. The van der Waals surface area contributed by atoms with Crippen LogP contribution in [0.2, 0.25) is 0 Å². The third-order valence-electron chi connectivity index (χ3n) is 4.58. The molecule has 138 valence electrons. The third-order valence-corrected chi connectivity index (χ3v) is 4.58. The van der Waals surface area contributed by atoms with E-state index in [2.05, 4.69) is 34.0 Å². The Balaban J connectivity index is 1.97. The molecule has 2 aromatic rings. The molecule has 1 aliphatic heterocycles. The zero-order chi connectivity index (χ0) is 18.7. The van der Waals surface area contributed by atoms with Gasteiger partial charge in [-0.05, 0) is 38.3 Å². The molecular formula is C18H24N6O2. The molecule has 0 amide bonds. The Bertz CT molecular complexity index is 810. The first-order chi connectivity index (χ1) is 12.5. The van der Waals surface area contributed by atoms with Crippen LogP contribution in [0.15, 0.2) is 24.3 Å². The van der Waals surface area contributed by atoms with Gasteiger partial charge in [-0.1, -0.05) is 13.3 Å². The highest BCUT2D eigenvalue weighted by atomic mass is 16.6. The molecule has 8 nitrogen and oxygen atoms in total. The van der Waals surface area contributed by atoms with E-state index in [0.29, 0.717) is 23.4 Å². The van der Waals surface area contributed by atoms with E-state index >= 15 is 0 Å². The lowest BCUT2D eigenvalue weighted by atomic mass is 10.2. The third kappa shape index (κ3) is 3.84. The number of anilines is 4. The highest BCUT2D eigenvalue weighted by Gasteiger charge is 2.23. The van der Waals surface area contributed by atoms with Crippen molar-refractivity contribution in [2.24, 2.45) is 0 Å². The van der Waals surface area contributed by atoms with Gasteiger partial charge in [0.1, 0.15) is 11.5 Å². The molecule has 1 saturated heterocycles. The summed E-state index contributed by atoms with van der Waals surface area (Å²) in [5.41, 5.74) is 7.18. The Labute approximate surface area is 152 Å². The van der Waals surface area contributed by atoms with Gasteiger partial charge in [-0.3, -0.25) is 10.1 Å². The number of nitro groups is 1. The minimum Gasteiger partial charge on any atom is -0.399 e. The molecule has 1 fully saturated rings. The van der Waals surface area contributed by atoms with Gasteiger partial charge in [0.25, 0.3) is 5.69 Å². The number of aromatic nitrogens is 2. The number of benzene rings is 1. The summed E-state index contributed by atoms with van der Waals surface area (Å²) in [4.78, 5) is 22.3. The van der Waals surface area contributed by atoms with Crippen molar-refractivity contribution in [3.8, 4) is 0 Å². The molecule has 3 rings (SSSR count). The van der Waals surface area contributed by atoms with E-state index in [1.165, 1.54) is 6.07 Å². The van der Waals surface area contributed by atoms with Gasteiger partial charge < -0.3 is 16.0 Å². The molecule has 0 radical (unpaired) electrons. The molecule has 0 bridgehead atoms. The van der Waals surface area contributed by atoms with E-state index in [0.717, 1.165) is 43.7 Å². The summed E-state index contributed by atoms with van der Waals surface area (Å²) in [5.74, 6) is 1.24. The normalized spacial score (nSPS) is 16.7. The van der Waals surface area contributed by atoms with Crippen molar-refractivity contribution in [3.05, 3.63) is 40.1 Å².